The summed E-state index contributed by atoms with van der Waals surface area (Å²) in [6.07, 6.45) is 2.05. The Hall–Kier alpha value is -3.89. The molecule has 0 unspecified atom stereocenters. The first-order valence-electron chi connectivity index (χ1n) is 11.1. The smallest absolute Gasteiger partial charge is 0.243 e. The predicted octanol–water partition coefficient (Wildman–Crippen LogP) is -5.31. The predicted molar refractivity (Wildman–Crippen MR) is 133 cm³/mol. The lowest BCUT2D eigenvalue weighted by Crippen LogP contribution is -2.52. The molecule has 0 aromatic carbocycles. The molecule has 0 saturated carbocycles. The summed E-state index contributed by atoms with van der Waals surface area (Å²) in [5.41, 5.74) is 0. The fourth-order valence-corrected chi connectivity index (χ4v) is 2.77. The molecule has 1 atom stereocenters. The summed E-state index contributed by atoms with van der Waals surface area (Å²) in [6, 6.07) is -0.988. The zero-order valence-electron chi connectivity index (χ0n) is 20.9. The minimum atomic E-state index is -0.988. The minimum Gasteiger partial charge on any atom is -0.358 e. The number of rotatable bonds is 17. The number of carbonyl (C=O) groups excluding carboxylic acids is 8. The Labute approximate surface area is 217 Å². The van der Waals surface area contributed by atoms with Crippen molar-refractivity contribution >= 4 is 59.0 Å². The van der Waals surface area contributed by atoms with E-state index in [4.69, 9.17) is 0 Å². The van der Waals surface area contributed by atoms with Gasteiger partial charge >= 0.3 is 0 Å². The Morgan fingerprint density at radius 2 is 1.00 bits per heavy atom. The summed E-state index contributed by atoms with van der Waals surface area (Å²) >= 11 is 1.43. The van der Waals surface area contributed by atoms with Crippen LogP contribution in [-0.2, 0) is 38.4 Å². The van der Waals surface area contributed by atoms with Crippen molar-refractivity contribution in [2.75, 3.05) is 58.3 Å². The average molecular weight is 547 g/mol. The van der Waals surface area contributed by atoms with Crippen LogP contribution in [0.25, 0.3) is 0 Å². The van der Waals surface area contributed by atoms with Crippen LogP contribution in [0, 0.1) is 0 Å². The second kappa shape index (κ2) is 19.3. The summed E-state index contributed by atoms with van der Waals surface area (Å²) in [7, 11) is 1.41. The highest BCUT2D eigenvalue weighted by atomic mass is 32.2. The molecule has 0 aromatic rings. The second-order valence-corrected chi connectivity index (χ2v) is 8.29. The van der Waals surface area contributed by atoms with Gasteiger partial charge in [-0.25, -0.2) is 0 Å². The van der Waals surface area contributed by atoms with Crippen LogP contribution < -0.4 is 42.5 Å². The van der Waals surface area contributed by atoms with E-state index in [0.717, 1.165) is 0 Å². The van der Waals surface area contributed by atoms with Crippen molar-refractivity contribution in [1.82, 2.24) is 42.5 Å². The van der Waals surface area contributed by atoms with Crippen molar-refractivity contribution in [3.05, 3.63) is 0 Å². The van der Waals surface area contributed by atoms with E-state index < -0.39 is 79.5 Å². The number of nitrogens with one attached hydrogen (secondary N) is 8. The Bertz CT molecular complexity index is 854. The van der Waals surface area contributed by atoms with Crippen molar-refractivity contribution in [3.8, 4) is 0 Å². The number of amides is 8. The molecule has 17 heteroatoms. The van der Waals surface area contributed by atoms with Crippen molar-refractivity contribution < 1.29 is 38.4 Å². The van der Waals surface area contributed by atoms with Gasteiger partial charge < -0.3 is 42.5 Å². The van der Waals surface area contributed by atoms with Crippen LogP contribution in [0.5, 0.6) is 0 Å². The first kappa shape index (κ1) is 33.1. The van der Waals surface area contributed by atoms with Crippen LogP contribution in [0.3, 0.4) is 0 Å². The molecule has 0 radical (unpaired) electrons. The van der Waals surface area contributed by atoms with Gasteiger partial charge in [-0.15, -0.1) is 0 Å². The van der Waals surface area contributed by atoms with Gasteiger partial charge in [0, 0.05) is 14.0 Å². The van der Waals surface area contributed by atoms with E-state index in [0.29, 0.717) is 5.75 Å². The van der Waals surface area contributed by atoms with Gasteiger partial charge in [-0.1, -0.05) is 0 Å². The topological polar surface area (TPSA) is 233 Å². The Morgan fingerprint density at radius 1 is 0.595 bits per heavy atom. The molecule has 0 spiro atoms. The molecule has 0 bridgehead atoms. The third-order valence-corrected chi connectivity index (χ3v) is 4.89. The number of thioether (sulfide) groups is 1. The van der Waals surface area contributed by atoms with Crippen LogP contribution in [0.15, 0.2) is 0 Å². The number of carbonyl (C=O) groups is 8. The summed E-state index contributed by atoms with van der Waals surface area (Å²) < 4.78 is 0. The van der Waals surface area contributed by atoms with E-state index >= 15 is 0 Å². The number of hydrogen-bond acceptors (Lipinski definition) is 9. The van der Waals surface area contributed by atoms with E-state index in [1.165, 1.54) is 25.7 Å². The number of hydrogen-bond donors (Lipinski definition) is 8. The molecule has 0 aromatic heterocycles. The molecule has 16 nitrogen and oxygen atoms in total. The molecule has 37 heavy (non-hydrogen) atoms. The van der Waals surface area contributed by atoms with Gasteiger partial charge in [0.25, 0.3) is 0 Å². The SMILES string of the molecule is CNC(=O)CNC(=O)CNC(=O)CNC(=O)[C@H](CCSC)NC(=O)CNC(=O)CNC(=O)CNC(C)=O. The standard InChI is InChI=1S/C20H34N8O8S/c1-12(29)22-7-15(31)24-9-17(33)26-11-19(35)28-13(4-5-37-3)20(36)27-10-18(34)25-8-16(32)23-6-14(30)21-2/h13H,4-11H2,1-3H3,(H,21,30)(H,22,29)(H,23,32)(H,24,31)(H,25,34)(H,26,33)(H,27,36)(H,28,35)/t13-/m0/s1. The van der Waals surface area contributed by atoms with E-state index in [2.05, 4.69) is 42.5 Å². The third-order valence-electron chi connectivity index (χ3n) is 4.25. The Kier molecular flexibility index (Phi) is 17.3. The highest BCUT2D eigenvalue weighted by molar-refractivity contribution is 7.98. The maximum absolute atomic E-state index is 12.5. The average Bonchev–Trinajstić information content (AvgIpc) is 2.87. The van der Waals surface area contributed by atoms with Crippen LogP contribution in [0.4, 0.5) is 0 Å². The van der Waals surface area contributed by atoms with Gasteiger partial charge in [0.15, 0.2) is 0 Å². The molecule has 0 aliphatic heterocycles. The van der Waals surface area contributed by atoms with Crippen LogP contribution in [-0.4, -0.2) is 112 Å². The van der Waals surface area contributed by atoms with Gasteiger partial charge in [0.2, 0.25) is 47.3 Å². The highest BCUT2D eigenvalue weighted by Gasteiger charge is 2.21. The Balaban J connectivity index is 4.46. The lowest BCUT2D eigenvalue weighted by molar-refractivity contribution is -0.131. The van der Waals surface area contributed by atoms with Crippen LogP contribution >= 0.6 is 11.8 Å². The van der Waals surface area contributed by atoms with Crippen molar-refractivity contribution in [3.63, 3.8) is 0 Å². The third kappa shape index (κ3) is 18.1. The molecule has 8 amide bonds. The van der Waals surface area contributed by atoms with Crippen LogP contribution in [0.1, 0.15) is 13.3 Å². The second-order valence-electron chi connectivity index (χ2n) is 7.31. The summed E-state index contributed by atoms with van der Waals surface area (Å²) in [5.74, 6) is -4.11. The lowest BCUT2D eigenvalue weighted by Gasteiger charge is -2.18. The monoisotopic (exact) mass is 546 g/mol. The van der Waals surface area contributed by atoms with Gasteiger partial charge in [0.1, 0.15) is 6.04 Å². The molecular weight excluding hydrogens is 512 g/mol. The maximum atomic E-state index is 12.5. The fraction of sp³-hybridized carbons (Fsp3) is 0.600. The maximum Gasteiger partial charge on any atom is 0.243 e. The molecule has 0 fully saturated rings. The van der Waals surface area contributed by atoms with E-state index in [1.54, 1.807) is 6.26 Å². The van der Waals surface area contributed by atoms with Gasteiger partial charge in [0.05, 0.1) is 39.3 Å². The fourth-order valence-electron chi connectivity index (χ4n) is 2.30. The van der Waals surface area contributed by atoms with Crippen molar-refractivity contribution in [2.45, 2.75) is 19.4 Å². The van der Waals surface area contributed by atoms with Crippen molar-refractivity contribution in [1.29, 1.82) is 0 Å². The summed E-state index contributed by atoms with van der Waals surface area (Å²) in [6.45, 7) is -1.03. The molecule has 0 aliphatic carbocycles. The van der Waals surface area contributed by atoms with E-state index in [9.17, 15) is 38.4 Å². The first-order valence-corrected chi connectivity index (χ1v) is 12.5. The van der Waals surface area contributed by atoms with E-state index in [-0.39, 0.29) is 19.5 Å². The van der Waals surface area contributed by atoms with Crippen LogP contribution in [0.2, 0.25) is 0 Å². The normalized spacial score (nSPS) is 10.7. The quantitative estimate of drug-likeness (QED) is 0.0869. The zero-order valence-corrected chi connectivity index (χ0v) is 21.7. The zero-order chi connectivity index (χ0) is 28.2. The molecule has 0 saturated heterocycles. The molecule has 0 rings (SSSR count). The van der Waals surface area contributed by atoms with E-state index in [1.807, 2.05) is 0 Å². The largest absolute Gasteiger partial charge is 0.358 e. The summed E-state index contributed by atoms with van der Waals surface area (Å²) in [5, 5.41) is 18.5. The molecule has 0 heterocycles. The summed E-state index contributed by atoms with van der Waals surface area (Å²) in [4.78, 5) is 93.2. The molecular formula is C20H34N8O8S. The van der Waals surface area contributed by atoms with Gasteiger partial charge in [-0.05, 0) is 18.4 Å². The first-order chi connectivity index (χ1) is 17.5. The Morgan fingerprint density at radius 3 is 1.43 bits per heavy atom. The highest BCUT2D eigenvalue weighted by Crippen LogP contribution is 2.01. The molecule has 0 aliphatic rings. The van der Waals surface area contributed by atoms with Crippen molar-refractivity contribution in [2.24, 2.45) is 0 Å². The minimum absolute atomic E-state index is 0.244. The van der Waals surface area contributed by atoms with Gasteiger partial charge in [-0.2, -0.15) is 11.8 Å². The molecule has 208 valence electrons. The number of likely N-dealkylation sites (N-methyl/N-ethyl adjacent to an activating group) is 1. The lowest BCUT2D eigenvalue weighted by atomic mass is 10.2. The molecule has 8 N–H and O–H groups in total. The van der Waals surface area contributed by atoms with Gasteiger partial charge in [-0.3, -0.25) is 38.4 Å².